The molecule has 2 atom stereocenters. The fraction of sp³-hybridized carbons (Fsp3) is 0.320. The molecule has 1 aromatic heterocycles. The van der Waals surface area contributed by atoms with E-state index in [2.05, 4.69) is 4.98 Å². The van der Waals surface area contributed by atoms with Crippen LogP contribution < -0.4 is 0 Å². The van der Waals surface area contributed by atoms with Crippen molar-refractivity contribution in [2.24, 2.45) is 0 Å². The Morgan fingerprint density at radius 2 is 1.97 bits per heavy atom. The Kier molecular flexibility index (Phi) is 6.28. The van der Waals surface area contributed by atoms with E-state index in [1.807, 2.05) is 49.4 Å². The number of Topliss-reactive ketones (excluding diaryl/α,β-unsaturated/α-hetero) is 1. The Hall–Kier alpha value is -3.25. The standard InChI is InChI=1S/C25H26N2O4/c1-2-17-4-3-5-20(12-17)25(30)27-15-21(28)13-22(27)23(29)11-8-18-6-9-19(10-7-18)24-14-26-16-31-24/h3-7,9-10,12,14,16,21-22,28H,2,8,11,13,15H2,1H3/t21-,22+/m1/s1. The number of aliphatic hydroxyl groups is 1. The molecule has 160 valence electrons. The van der Waals surface area contributed by atoms with Crippen molar-refractivity contribution in [3.05, 3.63) is 77.8 Å². The van der Waals surface area contributed by atoms with Gasteiger partial charge in [0.1, 0.15) is 0 Å². The lowest BCUT2D eigenvalue weighted by molar-refractivity contribution is -0.122. The summed E-state index contributed by atoms with van der Waals surface area (Å²) in [4.78, 5) is 31.5. The van der Waals surface area contributed by atoms with Crippen LogP contribution in [0.15, 0.2) is 65.5 Å². The van der Waals surface area contributed by atoms with Gasteiger partial charge in [-0.25, -0.2) is 4.98 Å². The Morgan fingerprint density at radius 3 is 2.68 bits per heavy atom. The van der Waals surface area contributed by atoms with E-state index in [9.17, 15) is 14.7 Å². The molecule has 0 spiro atoms. The second-order valence-corrected chi connectivity index (χ2v) is 7.95. The molecule has 4 rings (SSSR count). The summed E-state index contributed by atoms with van der Waals surface area (Å²) in [6.07, 6.45) is 4.40. The number of aryl methyl sites for hydroxylation is 2. The highest BCUT2D eigenvalue weighted by atomic mass is 16.3. The molecule has 1 aliphatic rings. The van der Waals surface area contributed by atoms with Crippen molar-refractivity contribution in [1.29, 1.82) is 0 Å². The summed E-state index contributed by atoms with van der Waals surface area (Å²) in [7, 11) is 0. The highest BCUT2D eigenvalue weighted by Gasteiger charge is 2.38. The lowest BCUT2D eigenvalue weighted by Gasteiger charge is -2.23. The topological polar surface area (TPSA) is 83.6 Å². The van der Waals surface area contributed by atoms with Gasteiger partial charge in [-0.15, -0.1) is 0 Å². The first-order valence-electron chi connectivity index (χ1n) is 10.6. The summed E-state index contributed by atoms with van der Waals surface area (Å²) in [5.74, 6) is 0.487. The number of oxazole rings is 1. The predicted octanol–water partition coefficient (Wildman–Crippen LogP) is 3.68. The van der Waals surface area contributed by atoms with E-state index < -0.39 is 12.1 Å². The van der Waals surface area contributed by atoms with Crippen molar-refractivity contribution < 1.29 is 19.1 Å². The quantitative estimate of drug-likeness (QED) is 0.633. The molecule has 31 heavy (non-hydrogen) atoms. The lowest BCUT2D eigenvalue weighted by atomic mass is 10.00. The first kappa shape index (κ1) is 21.0. The van der Waals surface area contributed by atoms with Crippen LogP contribution in [0.2, 0.25) is 0 Å². The molecule has 2 aromatic carbocycles. The molecular formula is C25H26N2O4. The van der Waals surface area contributed by atoms with Crippen LogP contribution in [-0.4, -0.2) is 45.4 Å². The zero-order chi connectivity index (χ0) is 21.8. The Bertz CT molecular complexity index is 1040. The summed E-state index contributed by atoms with van der Waals surface area (Å²) in [5, 5.41) is 10.2. The third-order valence-electron chi connectivity index (χ3n) is 5.82. The van der Waals surface area contributed by atoms with Crippen LogP contribution in [-0.2, 0) is 17.6 Å². The number of carbonyl (C=O) groups excluding carboxylic acids is 2. The minimum atomic E-state index is -0.673. The lowest BCUT2D eigenvalue weighted by Crippen LogP contribution is -2.40. The van der Waals surface area contributed by atoms with Gasteiger partial charge >= 0.3 is 0 Å². The van der Waals surface area contributed by atoms with Gasteiger partial charge in [0.25, 0.3) is 5.91 Å². The van der Waals surface area contributed by atoms with Gasteiger partial charge in [-0.2, -0.15) is 0 Å². The minimum absolute atomic E-state index is 0.0177. The molecule has 3 aromatic rings. The maximum atomic E-state index is 13.0. The zero-order valence-corrected chi connectivity index (χ0v) is 17.5. The number of β-amino-alcohol motifs (C(OH)–C–C–N with tert-alkyl or cyclic N) is 1. The van der Waals surface area contributed by atoms with Crippen LogP contribution in [0, 0.1) is 0 Å². The number of ketones is 1. The van der Waals surface area contributed by atoms with Crippen molar-refractivity contribution in [2.45, 2.75) is 44.8 Å². The maximum Gasteiger partial charge on any atom is 0.254 e. The highest BCUT2D eigenvalue weighted by Crippen LogP contribution is 2.24. The molecule has 1 aliphatic heterocycles. The third-order valence-corrected chi connectivity index (χ3v) is 5.82. The first-order valence-corrected chi connectivity index (χ1v) is 10.6. The number of likely N-dealkylation sites (tertiary alicyclic amines) is 1. The smallest absolute Gasteiger partial charge is 0.254 e. The molecule has 1 amide bonds. The van der Waals surface area contributed by atoms with Crippen molar-refractivity contribution >= 4 is 11.7 Å². The number of aromatic nitrogens is 1. The molecule has 0 saturated carbocycles. The summed E-state index contributed by atoms with van der Waals surface area (Å²) >= 11 is 0. The van der Waals surface area contributed by atoms with Crippen LogP contribution in [0.4, 0.5) is 0 Å². The molecular weight excluding hydrogens is 392 g/mol. The van der Waals surface area contributed by atoms with Crippen molar-refractivity contribution in [3.63, 3.8) is 0 Å². The fourth-order valence-electron chi connectivity index (χ4n) is 4.06. The number of carbonyl (C=O) groups is 2. The summed E-state index contributed by atoms with van der Waals surface area (Å²) < 4.78 is 5.29. The number of hydrogen-bond donors (Lipinski definition) is 1. The van der Waals surface area contributed by atoms with E-state index in [4.69, 9.17) is 4.42 Å². The van der Waals surface area contributed by atoms with Crippen LogP contribution in [0.25, 0.3) is 11.3 Å². The molecule has 1 fully saturated rings. The van der Waals surface area contributed by atoms with Gasteiger partial charge in [-0.05, 0) is 36.1 Å². The average Bonchev–Trinajstić information content (AvgIpc) is 3.47. The first-order chi connectivity index (χ1) is 15.0. The van der Waals surface area contributed by atoms with Gasteiger partial charge in [0.15, 0.2) is 17.9 Å². The normalized spacial score (nSPS) is 18.3. The minimum Gasteiger partial charge on any atom is -0.444 e. The Morgan fingerprint density at radius 1 is 1.16 bits per heavy atom. The van der Waals surface area contributed by atoms with Gasteiger partial charge < -0.3 is 14.4 Å². The molecule has 0 radical (unpaired) electrons. The highest BCUT2D eigenvalue weighted by molar-refractivity contribution is 5.98. The molecule has 1 N–H and O–H groups in total. The predicted molar refractivity (Wildman–Crippen MR) is 117 cm³/mol. The Balaban J connectivity index is 1.41. The molecule has 1 saturated heterocycles. The molecule has 0 bridgehead atoms. The third kappa shape index (κ3) is 4.75. The number of aliphatic hydroxyl groups excluding tert-OH is 1. The average molecular weight is 418 g/mol. The molecule has 2 heterocycles. The zero-order valence-electron chi connectivity index (χ0n) is 17.5. The summed E-state index contributed by atoms with van der Waals surface area (Å²) in [6, 6.07) is 14.7. The van der Waals surface area contributed by atoms with Crippen LogP contribution in [0.5, 0.6) is 0 Å². The van der Waals surface area contributed by atoms with E-state index in [0.29, 0.717) is 30.6 Å². The number of nitrogens with zero attached hydrogens (tertiary/aromatic N) is 2. The van der Waals surface area contributed by atoms with E-state index in [1.54, 1.807) is 12.3 Å². The molecule has 0 aliphatic carbocycles. The van der Waals surface area contributed by atoms with E-state index in [0.717, 1.165) is 23.1 Å². The van der Waals surface area contributed by atoms with Gasteiger partial charge in [0, 0.05) is 30.5 Å². The van der Waals surface area contributed by atoms with Crippen LogP contribution in [0.1, 0.15) is 41.3 Å². The van der Waals surface area contributed by atoms with E-state index >= 15 is 0 Å². The SMILES string of the molecule is CCc1cccc(C(=O)N2C[C@H](O)C[C@H]2C(=O)CCc2ccc(-c3cnco3)cc2)c1. The van der Waals surface area contributed by atoms with Crippen molar-refractivity contribution in [3.8, 4) is 11.3 Å². The van der Waals surface area contributed by atoms with Gasteiger partial charge in [0.2, 0.25) is 0 Å². The number of amides is 1. The monoisotopic (exact) mass is 418 g/mol. The van der Waals surface area contributed by atoms with Crippen LogP contribution >= 0.6 is 0 Å². The summed E-state index contributed by atoms with van der Waals surface area (Å²) in [6.45, 7) is 2.23. The molecule has 6 nitrogen and oxygen atoms in total. The largest absolute Gasteiger partial charge is 0.444 e. The van der Waals surface area contributed by atoms with Gasteiger partial charge in [0.05, 0.1) is 18.3 Å². The number of hydrogen-bond acceptors (Lipinski definition) is 5. The van der Waals surface area contributed by atoms with Gasteiger partial charge in [-0.1, -0.05) is 43.3 Å². The van der Waals surface area contributed by atoms with Crippen molar-refractivity contribution in [2.75, 3.05) is 6.54 Å². The Labute approximate surface area is 181 Å². The van der Waals surface area contributed by atoms with Gasteiger partial charge in [-0.3, -0.25) is 9.59 Å². The fourth-order valence-corrected chi connectivity index (χ4v) is 4.06. The summed E-state index contributed by atoms with van der Waals surface area (Å²) in [5.41, 5.74) is 3.60. The molecule has 0 unspecified atom stereocenters. The second kappa shape index (κ2) is 9.27. The van der Waals surface area contributed by atoms with Crippen molar-refractivity contribution in [1.82, 2.24) is 9.88 Å². The van der Waals surface area contributed by atoms with Crippen LogP contribution in [0.3, 0.4) is 0 Å². The maximum absolute atomic E-state index is 13.0. The second-order valence-electron chi connectivity index (χ2n) is 7.95. The van der Waals surface area contributed by atoms with E-state index in [1.165, 1.54) is 11.3 Å². The molecule has 6 heteroatoms. The number of benzene rings is 2. The van der Waals surface area contributed by atoms with E-state index in [-0.39, 0.29) is 18.2 Å². The number of rotatable bonds is 7.